The number of hydrogen-bond acceptors (Lipinski definition) is 2. The largest absolute Gasteiger partial charge is 0.290 e. The van der Waals surface area contributed by atoms with Crippen molar-refractivity contribution in [2.24, 2.45) is 4.99 Å². The molecule has 0 saturated carbocycles. The molecule has 0 amide bonds. The molecule has 0 aliphatic carbocycles. The van der Waals surface area contributed by atoms with Crippen LogP contribution in [0.4, 0.5) is 0 Å². The lowest BCUT2D eigenvalue weighted by Crippen LogP contribution is -2.02. The van der Waals surface area contributed by atoms with Gasteiger partial charge in [-0.1, -0.05) is 66.2 Å². The number of benzene rings is 2. The Kier molecular flexibility index (Phi) is 4.47. The minimum Gasteiger partial charge on any atom is -0.290 e. The van der Waals surface area contributed by atoms with Crippen LogP contribution in [0, 0.1) is 5.41 Å². The number of halogens is 1. The third-order valence-electron chi connectivity index (χ3n) is 3.33. The van der Waals surface area contributed by atoms with Gasteiger partial charge in [0.15, 0.2) is 0 Å². The Morgan fingerprint density at radius 3 is 2.23 bits per heavy atom. The third kappa shape index (κ3) is 3.01. The lowest BCUT2D eigenvalue weighted by atomic mass is 10.00. The molecule has 0 unspecified atom stereocenters. The second-order valence-electron chi connectivity index (χ2n) is 4.66. The van der Waals surface area contributed by atoms with Gasteiger partial charge in [0.2, 0.25) is 0 Å². The van der Waals surface area contributed by atoms with E-state index in [0.717, 1.165) is 28.7 Å². The number of thiophene rings is 1. The van der Waals surface area contributed by atoms with Gasteiger partial charge in [0.05, 0.1) is 5.71 Å². The highest BCUT2D eigenvalue weighted by Crippen LogP contribution is 2.27. The Morgan fingerprint density at radius 2 is 1.64 bits per heavy atom. The second kappa shape index (κ2) is 6.69. The van der Waals surface area contributed by atoms with Gasteiger partial charge in [0, 0.05) is 11.1 Å². The van der Waals surface area contributed by atoms with Gasteiger partial charge in [-0.3, -0.25) is 5.41 Å². The highest BCUT2D eigenvalue weighted by molar-refractivity contribution is 7.14. The van der Waals surface area contributed by atoms with Crippen molar-refractivity contribution in [2.45, 2.75) is 0 Å². The zero-order valence-electron chi connectivity index (χ0n) is 11.7. The first kappa shape index (κ1) is 14.7. The van der Waals surface area contributed by atoms with Crippen LogP contribution in [0.3, 0.4) is 0 Å². The molecular weight excluding hydrogens is 312 g/mol. The van der Waals surface area contributed by atoms with Gasteiger partial charge in [-0.05, 0) is 22.6 Å². The van der Waals surface area contributed by atoms with E-state index in [-0.39, 0.29) is 0 Å². The fourth-order valence-corrected chi connectivity index (χ4v) is 3.20. The molecule has 3 rings (SSSR count). The summed E-state index contributed by atoms with van der Waals surface area (Å²) in [5.74, 6) is 0. The fraction of sp³-hybridized carbons (Fsp3) is 0. The molecular formula is C18H13ClN2S. The van der Waals surface area contributed by atoms with E-state index in [1.165, 1.54) is 16.9 Å². The van der Waals surface area contributed by atoms with E-state index in [0.29, 0.717) is 4.34 Å². The van der Waals surface area contributed by atoms with Crippen molar-refractivity contribution in [1.29, 1.82) is 5.41 Å². The predicted molar refractivity (Wildman–Crippen MR) is 95.6 cm³/mol. The summed E-state index contributed by atoms with van der Waals surface area (Å²) in [7, 11) is 0. The molecule has 108 valence electrons. The standard InChI is InChI=1S/C18H13ClN2S/c19-18-16(10-11-22-18)17(21-12-20)15-8-6-14(7-9-15)13-4-2-1-3-5-13/h1-12,20H. The summed E-state index contributed by atoms with van der Waals surface area (Å²) >= 11 is 7.67. The molecule has 1 heterocycles. The topological polar surface area (TPSA) is 36.2 Å². The molecule has 3 aromatic rings. The van der Waals surface area contributed by atoms with Crippen molar-refractivity contribution >= 4 is 35.0 Å². The summed E-state index contributed by atoms with van der Waals surface area (Å²) in [5, 5.41) is 9.21. The van der Waals surface area contributed by atoms with Crippen LogP contribution in [-0.2, 0) is 0 Å². The SMILES string of the molecule is N=CN=C(c1ccc(-c2ccccc2)cc1)c1ccsc1Cl. The maximum Gasteiger partial charge on any atom is 0.107 e. The first-order chi connectivity index (χ1) is 10.8. The van der Waals surface area contributed by atoms with Gasteiger partial charge in [-0.2, -0.15) is 0 Å². The Morgan fingerprint density at radius 1 is 0.955 bits per heavy atom. The van der Waals surface area contributed by atoms with Crippen molar-refractivity contribution < 1.29 is 0 Å². The number of rotatable bonds is 4. The van der Waals surface area contributed by atoms with Gasteiger partial charge in [0.1, 0.15) is 10.7 Å². The minimum atomic E-state index is 0.688. The maximum absolute atomic E-state index is 7.28. The van der Waals surface area contributed by atoms with Gasteiger partial charge in [-0.15, -0.1) is 11.3 Å². The van der Waals surface area contributed by atoms with Crippen LogP contribution in [0.25, 0.3) is 11.1 Å². The predicted octanol–water partition coefficient (Wildman–Crippen LogP) is 5.51. The summed E-state index contributed by atoms with van der Waals surface area (Å²) in [5.41, 5.74) is 4.86. The summed E-state index contributed by atoms with van der Waals surface area (Å²) in [6.07, 6.45) is 1.05. The van der Waals surface area contributed by atoms with Crippen LogP contribution in [0.5, 0.6) is 0 Å². The van der Waals surface area contributed by atoms with Crippen molar-refractivity contribution in [2.75, 3.05) is 0 Å². The van der Waals surface area contributed by atoms with E-state index in [9.17, 15) is 0 Å². The first-order valence-electron chi connectivity index (χ1n) is 6.75. The van der Waals surface area contributed by atoms with Crippen LogP contribution >= 0.6 is 22.9 Å². The molecule has 4 heteroatoms. The average Bonchev–Trinajstić information content (AvgIpc) is 2.99. The Balaban J connectivity index is 1.99. The molecule has 2 nitrogen and oxygen atoms in total. The lowest BCUT2D eigenvalue weighted by Gasteiger charge is -2.07. The second-order valence-corrected chi connectivity index (χ2v) is 6.18. The third-order valence-corrected chi connectivity index (χ3v) is 4.50. The van der Waals surface area contributed by atoms with E-state index >= 15 is 0 Å². The number of hydrogen-bond donors (Lipinski definition) is 1. The van der Waals surface area contributed by atoms with Crippen molar-refractivity contribution in [1.82, 2.24) is 0 Å². The summed E-state index contributed by atoms with van der Waals surface area (Å²) in [6.45, 7) is 0. The smallest absolute Gasteiger partial charge is 0.107 e. The first-order valence-corrected chi connectivity index (χ1v) is 8.01. The van der Waals surface area contributed by atoms with Crippen LogP contribution in [-0.4, -0.2) is 12.1 Å². The molecule has 0 fully saturated rings. The lowest BCUT2D eigenvalue weighted by molar-refractivity contribution is 1.50. The van der Waals surface area contributed by atoms with Crippen LogP contribution in [0.2, 0.25) is 4.34 Å². The number of aliphatic imine (C=N–C) groups is 1. The fourth-order valence-electron chi connectivity index (χ4n) is 2.28. The van der Waals surface area contributed by atoms with E-state index in [2.05, 4.69) is 29.3 Å². The van der Waals surface area contributed by atoms with Crippen molar-refractivity contribution in [3.8, 4) is 11.1 Å². The average molecular weight is 325 g/mol. The molecule has 0 aliphatic heterocycles. The molecule has 22 heavy (non-hydrogen) atoms. The van der Waals surface area contributed by atoms with Gasteiger partial charge >= 0.3 is 0 Å². The van der Waals surface area contributed by atoms with Gasteiger partial charge in [-0.25, -0.2) is 4.99 Å². The Labute approximate surface area is 138 Å². The molecule has 0 atom stereocenters. The molecule has 0 radical (unpaired) electrons. The monoisotopic (exact) mass is 324 g/mol. The van der Waals surface area contributed by atoms with E-state index in [4.69, 9.17) is 17.0 Å². The van der Waals surface area contributed by atoms with E-state index in [1.807, 2.05) is 41.8 Å². The normalized spacial score (nSPS) is 11.4. The molecule has 0 bridgehead atoms. The molecule has 0 aliphatic rings. The Hall–Kier alpha value is -2.23. The molecule has 0 spiro atoms. The Bertz CT molecular complexity index is 805. The zero-order chi connectivity index (χ0) is 15.4. The number of nitrogens with one attached hydrogen (secondary N) is 1. The highest BCUT2D eigenvalue weighted by atomic mass is 35.5. The van der Waals surface area contributed by atoms with Crippen molar-refractivity contribution in [3.63, 3.8) is 0 Å². The zero-order valence-corrected chi connectivity index (χ0v) is 13.2. The van der Waals surface area contributed by atoms with Crippen LogP contribution in [0.1, 0.15) is 11.1 Å². The quantitative estimate of drug-likeness (QED) is 0.485. The summed E-state index contributed by atoms with van der Waals surface area (Å²) in [6, 6.07) is 20.3. The van der Waals surface area contributed by atoms with E-state index in [1.54, 1.807) is 0 Å². The molecule has 2 aromatic carbocycles. The molecule has 1 N–H and O–H groups in total. The highest BCUT2D eigenvalue weighted by Gasteiger charge is 2.12. The van der Waals surface area contributed by atoms with Crippen LogP contribution < -0.4 is 0 Å². The molecule has 1 aromatic heterocycles. The van der Waals surface area contributed by atoms with Crippen LogP contribution in [0.15, 0.2) is 71.0 Å². The van der Waals surface area contributed by atoms with Gasteiger partial charge < -0.3 is 0 Å². The maximum atomic E-state index is 7.28. The molecule has 0 saturated heterocycles. The minimum absolute atomic E-state index is 0.688. The van der Waals surface area contributed by atoms with E-state index < -0.39 is 0 Å². The number of nitrogens with zero attached hydrogens (tertiary/aromatic N) is 1. The summed E-state index contributed by atoms with van der Waals surface area (Å²) < 4.78 is 0.688. The van der Waals surface area contributed by atoms with Gasteiger partial charge in [0.25, 0.3) is 0 Å². The van der Waals surface area contributed by atoms with Crippen molar-refractivity contribution in [3.05, 3.63) is 81.5 Å². The summed E-state index contributed by atoms with van der Waals surface area (Å²) in [4.78, 5) is 4.18.